The largest absolute Gasteiger partial charge is 0.393 e. The highest BCUT2D eigenvalue weighted by Gasteiger charge is 2.24. The average molecular weight is 306 g/mol. The number of aliphatic hydroxyl groups excluding tert-OH is 1. The van der Waals surface area contributed by atoms with Gasteiger partial charge in [0, 0.05) is 19.6 Å². The number of ether oxygens (including phenoxy) is 1. The van der Waals surface area contributed by atoms with Crippen molar-refractivity contribution in [2.75, 3.05) is 26.2 Å². The highest BCUT2D eigenvalue weighted by atomic mass is 16.5. The zero-order chi connectivity index (χ0) is 15.8. The lowest BCUT2D eigenvalue weighted by Crippen LogP contribution is -2.46. The number of piperidine rings is 1. The SMILES string of the molecule is CC(O)C1CCN(C(=O)NCCOCc2ccccc2)CC1. The van der Waals surface area contributed by atoms with Gasteiger partial charge < -0.3 is 20.1 Å². The molecule has 0 aromatic heterocycles. The monoisotopic (exact) mass is 306 g/mol. The number of hydrogen-bond acceptors (Lipinski definition) is 3. The van der Waals surface area contributed by atoms with Crippen LogP contribution in [-0.2, 0) is 11.3 Å². The van der Waals surface area contributed by atoms with Gasteiger partial charge in [0.15, 0.2) is 0 Å². The molecule has 1 heterocycles. The zero-order valence-electron chi connectivity index (χ0n) is 13.2. The Hall–Kier alpha value is -1.59. The molecule has 122 valence electrons. The highest BCUT2D eigenvalue weighted by Crippen LogP contribution is 2.20. The molecule has 0 radical (unpaired) electrons. The quantitative estimate of drug-likeness (QED) is 0.790. The smallest absolute Gasteiger partial charge is 0.317 e. The Bertz CT molecular complexity index is 442. The molecular weight excluding hydrogens is 280 g/mol. The van der Waals surface area contributed by atoms with Crippen molar-refractivity contribution in [3.8, 4) is 0 Å². The number of carbonyl (C=O) groups is 1. The first-order valence-corrected chi connectivity index (χ1v) is 7.99. The molecule has 1 aliphatic rings. The van der Waals surface area contributed by atoms with E-state index in [4.69, 9.17) is 4.74 Å². The number of benzene rings is 1. The number of likely N-dealkylation sites (tertiary alicyclic amines) is 1. The maximum absolute atomic E-state index is 12.0. The van der Waals surface area contributed by atoms with Gasteiger partial charge in [-0.2, -0.15) is 0 Å². The molecule has 1 aliphatic heterocycles. The van der Waals surface area contributed by atoms with Gasteiger partial charge in [0.05, 0.1) is 19.3 Å². The normalized spacial score (nSPS) is 17.3. The van der Waals surface area contributed by atoms with Gasteiger partial charge >= 0.3 is 6.03 Å². The Labute approximate surface area is 132 Å². The number of hydrogen-bond donors (Lipinski definition) is 2. The van der Waals surface area contributed by atoms with Gasteiger partial charge in [-0.3, -0.25) is 0 Å². The topological polar surface area (TPSA) is 61.8 Å². The summed E-state index contributed by atoms with van der Waals surface area (Å²) in [4.78, 5) is 13.8. The number of rotatable bonds is 6. The molecule has 0 spiro atoms. The Morgan fingerprint density at radius 1 is 1.36 bits per heavy atom. The summed E-state index contributed by atoms with van der Waals surface area (Å²) >= 11 is 0. The molecule has 2 rings (SSSR count). The second kappa shape index (κ2) is 8.76. The Kier molecular flexibility index (Phi) is 6.68. The molecule has 0 bridgehead atoms. The molecule has 1 atom stereocenters. The maximum Gasteiger partial charge on any atom is 0.317 e. The first-order chi connectivity index (χ1) is 10.7. The van der Waals surface area contributed by atoms with Crippen molar-refractivity contribution in [1.29, 1.82) is 0 Å². The van der Waals surface area contributed by atoms with E-state index in [1.807, 2.05) is 42.2 Å². The van der Waals surface area contributed by atoms with Crippen LogP contribution >= 0.6 is 0 Å². The Morgan fingerprint density at radius 3 is 2.68 bits per heavy atom. The number of carbonyl (C=O) groups excluding carboxylic acids is 1. The van der Waals surface area contributed by atoms with Crippen molar-refractivity contribution < 1.29 is 14.6 Å². The summed E-state index contributed by atoms with van der Waals surface area (Å²) in [5.41, 5.74) is 1.13. The molecule has 5 heteroatoms. The summed E-state index contributed by atoms with van der Waals surface area (Å²) in [5, 5.41) is 12.4. The molecule has 0 saturated carbocycles. The molecule has 1 aromatic carbocycles. The van der Waals surface area contributed by atoms with Crippen LogP contribution in [-0.4, -0.2) is 48.4 Å². The van der Waals surface area contributed by atoms with E-state index in [1.165, 1.54) is 0 Å². The average Bonchev–Trinajstić information content (AvgIpc) is 2.55. The highest BCUT2D eigenvalue weighted by molar-refractivity contribution is 5.74. The second-order valence-corrected chi connectivity index (χ2v) is 5.84. The summed E-state index contributed by atoms with van der Waals surface area (Å²) in [6.07, 6.45) is 1.46. The van der Waals surface area contributed by atoms with Crippen molar-refractivity contribution in [2.24, 2.45) is 5.92 Å². The summed E-state index contributed by atoms with van der Waals surface area (Å²) in [6.45, 7) is 4.84. The van der Waals surface area contributed by atoms with E-state index in [2.05, 4.69) is 5.32 Å². The number of amides is 2. The van der Waals surface area contributed by atoms with E-state index in [1.54, 1.807) is 0 Å². The maximum atomic E-state index is 12.0. The van der Waals surface area contributed by atoms with Gasteiger partial charge in [0.25, 0.3) is 0 Å². The third-order valence-electron chi connectivity index (χ3n) is 4.14. The van der Waals surface area contributed by atoms with Crippen LogP contribution in [0.1, 0.15) is 25.3 Å². The van der Waals surface area contributed by atoms with Gasteiger partial charge in [0.2, 0.25) is 0 Å². The minimum Gasteiger partial charge on any atom is -0.393 e. The fraction of sp³-hybridized carbons (Fsp3) is 0.588. The van der Waals surface area contributed by atoms with Crippen LogP contribution in [0.3, 0.4) is 0 Å². The Balaban J connectivity index is 1.56. The van der Waals surface area contributed by atoms with Crippen LogP contribution < -0.4 is 5.32 Å². The number of aliphatic hydroxyl groups is 1. The Morgan fingerprint density at radius 2 is 2.05 bits per heavy atom. The number of urea groups is 1. The fourth-order valence-electron chi connectivity index (χ4n) is 2.69. The molecule has 22 heavy (non-hydrogen) atoms. The third kappa shape index (κ3) is 5.31. The predicted octanol–water partition coefficient (Wildman–Crippen LogP) is 2.01. The van der Waals surface area contributed by atoms with Crippen LogP contribution in [0.15, 0.2) is 30.3 Å². The van der Waals surface area contributed by atoms with E-state index in [0.29, 0.717) is 38.8 Å². The van der Waals surface area contributed by atoms with Gasteiger partial charge in [-0.1, -0.05) is 30.3 Å². The predicted molar refractivity (Wildman–Crippen MR) is 85.5 cm³/mol. The van der Waals surface area contributed by atoms with Gasteiger partial charge in [0.1, 0.15) is 0 Å². The number of nitrogens with zero attached hydrogens (tertiary/aromatic N) is 1. The van der Waals surface area contributed by atoms with Crippen LogP contribution in [0.5, 0.6) is 0 Å². The van der Waals surface area contributed by atoms with Crippen molar-refractivity contribution in [1.82, 2.24) is 10.2 Å². The van der Waals surface area contributed by atoms with Crippen LogP contribution in [0.25, 0.3) is 0 Å². The first kappa shape index (κ1) is 16.8. The van der Waals surface area contributed by atoms with Crippen molar-refractivity contribution in [3.63, 3.8) is 0 Å². The molecule has 1 saturated heterocycles. The summed E-state index contributed by atoms with van der Waals surface area (Å²) in [7, 11) is 0. The van der Waals surface area contributed by atoms with Crippen LogP contribution in [0, 0.1) is 5.92 Å². The number of nitrogens with one attached hydrogen (secondary N) is 1. The molecule has 1 fully saturated rings. The summed E-state index contributed by atoms with van der Waals surface area (Å²) in [5.74, 6) is 0.318. The first-order valence-electron chi connectivity index (χ1n) is 7.99. The second-order valence-electron chi connectivity index (χ2n) is 5.84. The van der Waals surface area contributed by atoms with E-state index in [0.717, 1.165) is 18.4 Å². The van der Waals surface area contributed by atoms with E-state index >= 15 is 0 Å². The molecule has 1 aromatic rings. The molecule has 1 unspecified atom stereocenters. The van der Waals surface area contributed by atoms with Crippen LogP contribution in [0.4, 0.5) is 4.79 Å². The molecule has 0 aliphatic carbocycles. The van der Waals surface area contributed by atoms with E-state index in [9.17, 15) is 9.90 Å². The molecule has 2 N–H and O–H groups in total. The minimum atomic E-state index is -0.281. The van der Waals surface area contributed by atoms with Crippen molar-refractivity contribution in [2.45, 2.75) is 32.5 Å². The minimum absolute atomic E-state index is 0.0349. The lowest BCUT2D eigenvalue weighted by molar-refractivity contribution is 0.0786. The third-order valence-corrected chi connectivity index (χ3v) is 4.14. The lowest BCUT2D eigenvalue weighted by atomic mass is 9.92. The standard InChI is InChI=1S/C17H26N2O3/c1-14(20)16-7-10-19(11-8-16)17(21)18-9-12-22-13-15-5-3-2-4-6-15/h2-6,14,16,20H,7-13H2,1H3,(H,18,21). The van der Waals surface area contributed by atoms with Crippen LogP contribution in [0.2, 0.25) is 0 Å². The summed E-state index contributed by atoms with van der Waals surface area (Å²) in [6, 6.07) is 9.95. The lowest BCUT2D eigenvalue weighted by Gasteiger charge is -2.33. The fourth-order valence-corrected chi connectivity index (χ4v) is 2.69. The molecule has 2 amide bonds. The van der Waals surface area contributed by atoms with Crippen molar-refractivity contribution >= 4 is 6.03 Å². The van der Waals surface area contributed by atoms with Gasteiger partial charge in [-0.25, -0.2) is 4.79 Å². The van der Waals surface area contributed by atoms with E-state index in [-0.39, 0.29) is 12.1 Å². The molecule has 5 nitrogen and oxygen atoms in total. The van der Waals surface area contributed by atoms with Gasteiger partial charge in [-0.15, -0.1) is 0 Å². The summed E-state index contributed by atoms with van der Waals surface area (Å²) < 4.78 is 5.54. The van der Waals surface area contributed by atoms with E-state index < -0.39 is 0 Å². The van der Waals surface area contributed by atoms with Crippen molar-refractivity contribution in [3.05, 3.63) is 35.9 Å². The zero-order valence-corrected chi connectivity index (χ0v) is 13.2. The molecular formula is C17H26N2O3. The van der Waals surface area contributed by atoms with Gasteiger partial charge in [-0.05, 0) is 31.2 Å².